The Morgan fingerprint density at radius 2 is 2.17 bits per heavy atom. The lowest BCUT2D eigenvalue weighted by Crippen LogP contribution is -2.37. The van der Waals surface area contributed by atoms with Crippen LogP contribution in [0, 0.1) is 17.7 Å². The van der Waals surface area contributed by atoms with Gasteiger partial charge in [-0.2, -0.15) is 0 Å². The van der Waals surface area contributed by atoms with Crippen LogP contribution in [0.15, 0.2) is 18.2 Å². The van der Waals surface area contributed by atoms with E-state index >= 15 is 0 Å². The Balaban J connectivity index is 2.07. The van der Waals surface area contributed by atoms with Crippen LogP contribution in [0.2, 0.25) is 5.02 Å². The summed E-state index contributed by atoms with van der Waals surface area (Å²) in [5.41, 5.74) is 6.92. The zero-order valence-electron chi connectivity index (χ0n) is 10.8. The fraction of sp³-hybridized carbons (Fsp3) is 0.600. The van der Waals surface area contributed by atoms with E-state index in [9.17, 15) is 4.39 Å². The molecule has 2 rings (SSSR count). The van der Waals surface area contributed by atoms with E-state index < -0.39 is 0 Å². The monoisotopic (exact) mass is 269 g/mol. The van der Waals surface area contributed by atoms with Crippen molar-refractivity contribution in [3.8, 4) is 0 Å². The van der Waals surface area contributed by atoms with Gasteiger partial charge < -0.3 is 5.73 Å². The molecule has 1 aromatic carbocycles. The quantitative estimate of drug-likeness (QED) is 0.875. The maximum atomic E-state index is 13.8. The maximum Gasteiger partial charge on any atom is 0.127 e. The van der Waals surface area contributed by atoms with Crippen molar-refractivity contribution in [1.82, 2.24) is 0 Å². The third-order valence-electron chi connectivity index (χ3n) is 4.22. The van der Waals surface area contributed by atoms with Crippen LogP contribution < -0.4 is 5.73 Å². The summed E-state index contributed by atoms with van der Waals surface area (Å²) < 4.78 is 13.8. The average Bonchev–Trinajstić information content (AvgIpc) is 2.35. The van der Waals surface area contributed by atoms with Gasteiger partial charge in [0.05, 0.1) is 0 Å². The summed E-state index contributed by atoms with van der Waals surface area (Å²) in [4.78, 5) is 0. The Morgan fingerprint density at radius 3 is 2.83 bits per heavy atom. The van der Waals surface area contributed by atoms with Crippen LogP contribution in [-0.4, -0.2) is 6.04 Å². The number of halogens is 2. The molecule has 18 heavy (non-hydrogen) atoms. The van der Waals surface area contributed by atoms with E-state index in [0.717, 1.165) is 30.7 Å². The molecular weight excluding hydrogens is 249 g/mol. The molecular formula is C15H21ClFN. The molecule has 2 N–H and O–H groups in total. The Morgan fingerprint density at radius 1 is 1.39 bits per heavy atom. The van der Waals surface area contributed by atoms with Crippen LogP contribution in [-0.2, 0) is 6.42 Å². The van der Waals surface area contributed by atoms with Gasteiger partial charge in [-0.05, 0) is 55.2 Å². The summed E-state index contributed by atoms with van der Waals surface area (Å²) in [6.45, 7) is 2.22. The van der Waals surface area contributed by atoms with Crippen molar-refractivity contribution < 1.29 is 4.39 Å². The van der Waals surface area contributed by atoms with Crippen molar-refractivity contribution >= 4 is 11.6 Å². The van der Waals surface area contributed by atoms with Gasteiger partial charge in [-0.3, -0.25) is 0 Å². The molecule has 0 radical (unpaired) electrons. The van der Waals surface area contributed by atoms with Crippen molar-refractivity contribution in [3.05, 3.63) is 34.6 Å². The van der Waals surface area contributed by atoms with Crippen LogP contribution >= 0.6 is 11.6 Å². The summed E-state index contributed by atoms with van der Waals surface area (Å²) in [5.74, 6) is 0.956. The highest BCUT2D eigenvalue weighted by atomic mass is 35.5. The Kier molecular flexibility index (Phi) is 4.63. The van der Waals surface area contributed by atoms with E-state index in [1.165, 1.54) is 18.9 Å². The van der Waals surface area contributed by atoms with Gasteiger partial charge >= 0.3 is 0 Å². The van der Waals surface area contributed by atoms with Gasteiger partial charge in [0.15, 0.2) is 0 Å². The van der Waals surface area contributed by atoms with E-state index in [-0.39, 0.29) is 11.9 Å². The van der Waals surface area contributed by atoms with E-state index in [1.54, 1.807) is 12.1 Å². The highest BCUT2D eigenvalue weighted by Crippen LogP contribution is 2.33. The third kappa shape index (κ3) is 3.24. The fourth-order valence-corrected chi connectivity index (χ4v) is 3.12. The van der Waals surface area contributed by atoms with Gasteiger partial charge in [0.2, 0.25) is 0 Å². The molecule has 0 heterocycles. The van der Waals surface area contributed by atoms with Crippen LogP contribution in [0.3, 0.4) is 0 Å². The predicted molar refractivity (Wildman–Crippen MR) is 74.2 cm³/mol. The Labute approximate surface area is 114 Å². The molecule has 0 amide bonds. The fourth-order valence-electron chi connectivity index (χ4n) is 2.96. The van der Waals surface area contributed by atoms with Gasteiger partial charge in [0, 0.05) is 11.1 Å². The average molecular weight is 270 g/mol. The summed E-state index contributed by atoms with van der Waals surface area (Å²) in [6.07, 6.45) is 5.35. The molecule has 1 aromatic rings. The van der Waals surface area contributed by atoms with Crippen molar-refractivity contribution in [2.45, 2.75) is 45.1 Å². The van der Waals surface area contributed by atoms with Crippen molar-refractivity contribution in [2.24, 2.45) is 17.6 Å². The van der Waals surface area contributed by atoms with Crippen LogP contribution in [0.25, 0.3) is 0 Å². The Bertz CT molecular complexity index is 407. The second-order valence-electron chi connectivity index (χ2n) is 5.45. The summed E-state index contributed by atoms with van der Waals surface area (Å²) in [6, 6.07) is 5.15. The first-order valence-electron chi connectivity index (χ1n) is 6.79. The van der Waals surface area contributed by atoms with E-state index in [0.29, 0.717) is 10.9 Å². The molecule has 3 atom stereocenters. The van der Waals surface area contributed by atoms with Gasteiger partial charge in [-0.15, -0.1) is 0 Å². The number of hydrogen-bond acceptors (Lipinski definition) is 1. The first-order valence-corrected chi connectivity index (χ1v) is 7.17. The van der Waals surface area contributed by atoms with Crippen LogP contribution in [0.1, 0.15) is 38.2 Å². The molecule has 100 valence electrons. The zero-order valence-corrected chi connectivity index (χ0v) is 11.6. The lowest BCUT2D eigenvalue weighted by atomic mass is 9.75. The van der Waals surface area contributed by atoms with Crippen LogP contribution in [0.4, 0.5) is 4.39 Å². The number of hydrogen-bond donors (Lipinski definition) is 1. The largest absolute Gasteiger partial charge is 0.327 e. The topological polar surface area (TPSA) is 26.0 Å². The lowest BCUT2D eigenvalue weighted by molar-refractivity contribution is 0.226. The highest BCUT2D eigenvalue weighted by molar-refractivity contribution is 6.30. The van der Waals surface area contributed by atoms with Gasteiger partial charge in [-0.25, -0.2) is 4.39 Å². The van der Waals surface area contributed by atoms with Crippen molar-refractivity contribution in [3.63, 3.8) is 0 Å². The normalized spacial score (nSPS) is 28.3. The molecule has 1 saturated carbocycles. The zero-order chi connectivity index (χ0) is 13.1. The highest BCUT2D eigenvalue weighted by Gasteiger charge is 2.27. The first-order chi connectivity index (χ1) is 8.60. The minimum atomic E-state index is -0.201. The maximum absolute atomic E-state index is 13.8. The van der Waals surface area contributed by atoms with Gasteiger partial charge in [-0.1, -0.05) is 31.0 Å². The van der Waals surface area contributed by atoms with Crippen LogP contribution in [0.5, 0.6) is 0 Å². The Hall–Kier alpha value is -0.600. The molecule has 1 aliphatic rings. The molecule has 1 aliphatic carbocycles. The minimum Gasteiger partial charge on any atom is -0.327 e. The molecule has 3 unspecified atom stereocenters. The SMILES string of the molecule is CCC1CCC(N)C(Cc2ccc(Cl)cc2F)C1. The van der Waals surface area contributed by atoms with E-state index in [1.807, 2.05) is 0 Å². The lowest BCUT2D eigenvalue weighted by Gasteiger charge is -2.34. The number of nitrogens with two attached hydrogens (primary N) is 1. The van der Waals surface area contributed by atoms with Crippen molar-refractivity contribution in [2.75, 3.05) is 0 Å². The number of benzene rings is 1. The summed E-state index contributed by atoms with van der Waals surface area (Å²) in [7, 11) is 0. The van der Waals surface area contributed by atoms with Gasteiger partial charge in [0.1, 0.15) is 5.82 Å². The smallest absolute Gasteiger partial charge is 0.127 e. The van der Waals surface area contributed by atoms with E-state index in [4.69, 9.17) is 17.3 Å². The molecule has 0 spiro atoms. The third-order valence-corrected chi connectivity index (χ3v) is 4.46. The standard InChI is InChI=1S/C15H21ClFN/c1-2-10-3-6-15(18)12(7-10)8-11-4-5-13(16)9-14(11)17/h4-5,9-10,12,15H,2-3,6-8,18H2,1H3. The first kappa shape index (κ1) is 13.8. The molecule has 0 bridgehead atoms. The van der Waals surface area contributed by atoms with Gasteiger partial charge in [0.25, 0.3) is 0 Å². The van der Waals surface area contributed by atoms with E-state index in [2.05, 4.69) is 6.92 Å². The number of rotatable bonds is 3. The molecule has 0 saturated heterocycles. The second-order valence-corrected chi connectivity index (χ2v) is 5.89. The molecule has 1 nitrogen and oxygen atoms in total. The minimum absolute atomic E-state index is 0.201. The summed E-state index contributed by atoms with van der Waals surface area (Å²) in [5, 5.41) is 0.454. The predicted octanol–water partition coefficient (Wildman–Crippen LogP) is 4.18. The summed E-state index contributed by atoms with van der Waals surface area (Å²) >= 11 is 5.77. The second kappa shape index (κ2) is 6.03. The molecule has 0 aliphatic heterocycles. The molecule has 3 heteroatoms. The molecule has 0 aromatic heterocycles. The molecule has 1 fully saturated rings. The van der Waals surface area contributed by atoms with Crippen molar-refractivity contribution in [1.29, 1.82) is 0 Å².